The second kappa shape index (κ2) is 7.13. The zero-order chi connectivity index (χ0) is 18.2. The molecular weight excluding hydrogens is 364 g/mol. The van der Waals surface area contributed by atoms with Crippen LogP contribution in [0.4, 0.5) is 0 Å². The first kappa shape index (κ1) is 18.5. The Labute approximate surface area is 153 Å². The first-order valence-corrected chi connectivity index (χ1v) is 10.6. The zero-order valence-electron chi connectivity index (χ0n) is 14.4. The number of hydrogen-bond donors (Lipinski definition) is 0. The van der Waals surface area contributed by atoms with Crippen molar-refractivity contribution in [2.45, 2.75) is 25.4 Å². The summed E-state index contributed by atoms with van der Waals surface area (Å²) in [4.78, 5) is 16.9. The first-order chi connectivity index (χ1) is 11.8. The van der Waals surface area contributed by atoms with Crippen molar-refractivity contribution < 1.29 is 17.9 Å². The van der Waals surface area contributed by atoms with E-state index < -0.39 is 9.84 Å². The summed E-state index contributed by atoms with van der Waals surface area (Å²) >= 11 is 6.08. The van der Waals surface area contributed by atoms with Gasteiger partial charge in [0.05, 0.1) is 24.7 Å². The first-order valence-electron chi connectivity index (χ1n) is 8.44. The molecule has 1 aromatic rings. The molecule has 0 unspecified atom stereocenters. The summed E-state index contributed by atoms with van der Waals surface area (Å²) in [6, 6.07) is 4.46. The Balaban J connectivity index is 1.89. The minimum Gasteiger partial charge on any atom is -0.497 e. The number of hydrogen-bond acceptors (Lipinski definition) is 5. The fraction of sp³-hybridized carbons (Fsp3) is 0.588. The number of sulfone groups is 1. The van der Waals surface area contributed by atoms with E-state index in [2.05, 4.69) is 11.8 Å². The van der Waals surface area contributed by atoms with E-state index in [1.807, 2.05) is 0 Å². The number of methoxy groups -OCH3 is 1. The summed E-state index contributed by atoms with van der Waals surface area (Å²) in [5, 5.41) is 0.419. The number of rotatable bonds is 4. The number of amides is 1. The van der Waals surface area contributed by atoms with Crippen molar-refractivity contribution in [3.63, 3.8) is 0 Å². The molecule has 3 rings (SSSR count). The summed E-state index contributed by atoms with van der Waals surface area (Å²) in [5.41, 5.74) is 0.427. The monoisotopic (exact) mass is 386 g/mol. The summed E-state index contributed by atoms with van der Waals surface area (Å²) in [6.07, 6.45) is 0.961. The number of carbonyl (C=O) groups excluding carboxylic acids is 1. The zero-order valence-corrected chi connectivity index (χ0v) is 16.0. The normalized spacial score (nSPS) is 25.6. The van der Waals surface area contributed by atoms with E-state index in [-0.39, 0.29) is 29.5 Å². The lowest BCUT2D eigenvalue weighted by Gasteiger charge is -2.44. The van der Waals surface area contributed by atoms with Gasteiger partial charge in [0.25, 0.3) is 5.91 Å². The van der Waals surface area contributed by atoms with E-state index >= 15 is 0 Å². The predicted octanol–water partition coefficient (Wildman–Crippen LogP) is 1.68. The third-order valence-corrected chi connectivity index (χ3v) is 6.83. The molecule has 8 heteroatoms. The average Bonchev–Trinajstić information content (AvgIpc) is 2.89. The van der Waals surface area contributed by atoms with Crippen LogP contribution in [0.5, 0.6) is 5.75 Å². The second-order valence-electron chi connectivity index (χ2n) is 6.63. The van der Waals surface area contributed by atoms with Crippen LogP contribution in [0.25, 0.3) is 0 Å². The molecule has 1 amide bonds. The van der Waals surface area contributed by atoms with E-state index in [1.165, 1.54) is 7.11 Å². The molecule has 0 spiro atoms. The van der Waals surface area contributed by atoms with E-state index in [1.54, 1.807) is 23.1 Å². The van der Waals surface area contributed by atoms with Crippen molar-refractivity contribution in [2.75, 3.05) is 38.2 Å². The van der Waals surface area contributed by atoms with Gasteiger partial charge in [0.15, 0.2) is 9.84 Å². The van der Waals surface area contributed by atoms with Crippen molar-refractivity contribution in [1.29, 1.82) is 0 Å². The van der Waals surface area contributed by atoms with Crippen molar-refractivity contribution in [3.8, 4) is 5.75 Å². The van der Waals surface area contributed by atoms with Gasteiger partial charge in [0.2, 0.25) is 0 Å². The molecule has 0 saturated carbocycles. The van der Waals surface area contributed by atoms with Gasteiger partial charge in [-0.25, -0.2) is 8.42 Å². The molecule has 2 fully saturated rings. The van der Waals surface area contributed by atoms with Crippen molar-refractivity contribution in [3.05, 3.63) is 28.8 Å². The molecule has 0 aliphatic carbocycles. The van der Waals surface area contributed by atoms with Crippen LogP contribution in [0, 0.1) is 0 Å². The molecule has 0 radical (unpaired) electrons. The minimum absolute atomic E-state index is 0.0291. The minimum atomic E-state index is -3.14. The van der Waals surface area contributed by atoms with E-state index in [0.29, 0.717) is 29.4 Å². The molecule has 0 bridgehead atoms. The Morgan fingerprint density at radius 3 is 2.64 bits per heavy atom. The summed E-state index contributed by atoms with van der Waals surface area (Å²) in [7, 11) is -1.62. The Bertz CT molecular complexity index is 768. The van der Waals surface area contributed by atoms with Crippen LogP contribution in [-0.4, -0.2) is 74.5 Å². The molecule has 0 N–H and O–H groups in total. The summed E-state index contributed by atoms with van der Waals surface area (Å²) < 4.78 is 29.6. The van der Waals surface area contributed by atoms with Crippen LogP contribution in [0.3, 0.4) is 0 Å². The highest BCUT2D eigenvalue weighted by atomic mass is 35.5. The van der Waals surface area contributed by atoms with Gasteiger partial charge in [0.1, 0.15) is 5.75 Å². The maximum Gasteiger partial charge on any atom is 0.254 e. The lowest BCUT2D eigenvalue weighted by molar-refractivity contribution is 0.0333. The van der Waals surface area contributed by atoms with Crippen LogP contribution in [-0.2, 0) is 9.84 Å². The maximum atomic E-state index is 13.0. The number of piperazine rings is 1. The van der Waals surface area contributed by atoms with E-state index in [0.717, 1.165) is 13.0 Å². The molecule has 2 atom stereocenters. The van der Waals surface area contributed by atoms with Gasteiger partial charge in [0, 0.05) is 29.7 Å². The average molecular weight is 387 g/mol. The summed E-state index contributed by atoms with van der Waals surface area (Å²) in [5.74, 6) is 0.474. The lowest BCUT2D eigenvalue weighted by Crippen LogP contribution is -2.60. The van der Waals surface area contributed by atoms with Gasteiger partial charge in [-0.05, 0) is 31.2 Å². The fourth-order valence-corrected chi connectivity index (χ4v) is 6.05. The Hall–Kier alpha value is -1.31. The molecule has 2 aliphatic rings. The molecule has 2 saturated heterocycles. The molecule has 2 aliphatic heterocycles. The van der Waals surface area contributed by atoms with E-state index in [9.17, 15) is 13.2 Å². The molecule has 138 valence electrons. The number of carbonyl (C=O) groups is 1. The maximum absolute atomic E-state index is 13.0. The topological polar surface area (TPSA) is 66.9 Å². The number of benzene rings is 1. The highest BCUT2D eigenvalue weighted by Gasteiger charge is 2.47. The Morgan fingerprint density at radius 2 is 1.96 bits per heavy atom. The van der Waals surface area contributed by atoms with Gasteiger partial charge in [-0.1, -0.05) is 18.5 Å². The van der Waals surface area contributed by atoms with Crippen LogP contribution in [0.1, 0.15) is 23.7 Å². The lowest BCUT2D eigenvalue weighted by atomic mass is 10.0. The third kappa shape index (κ3) is 3.78. The molecule has 2 heterocycles. The number of nitrogens with zero attached hydrogens (tertiary/aromatic N) is 2. The van der Waals surface area contributed by atoms with Crippen molar-refractivity contribution in [2.24, 2.45) is 0 Å². The number of fused-ring (bicyclic) bond motifs is 1. The van der Waals surface area contributed by atoms with Gasteiger partial charge in [-0.2, -0.15) is 0 Å². The van der Waals surface area contributed by atoms with Crippen molar-refractivity contribution in [1.82, 2.24) is 9.80 Å². The highest BCUT2D eigenvalue weighted by Crippen LogP contribution is 2.29. The van der Waals surface area contributed by atoms with Crippen LogP contribution < -0.4 is 4.74 Å². The third-order valence-electron chi connectivity index (χ3n) is 4.92. The largest absolute Gasteiger partial charge is 0.497 e. The molecule has 1 aromatic carbocycles. The Morgan fingerprint density at radius 1 is 1.24 bits per heavy atom. The predicted molar refractivity (Wildman–Crippen MR) is 97.1 cm³/mol. The standard InChI is InChI=1S/C17H23ClN2O4S/c1-3-4-19-5-6-20(16-11-25(22,23)10-15(16)19)17(21)12-7-13(18)9-14(8-12)24-2/h7-9,15-16H,3-6,10-11H2,1-2H3/t15-,16+/m1/s1. The smallest absolute Gasteiger partial charge is 0.254 e. The van der Waals surface area contributed by atoms with Gasteiger partial charge in [-0.15, -0.1) is 0 Å². The van der Waals surface area contributed by atoms with Crippen LogP contribution in [0.2, 0.25) is 5.02 Å². The molecule has 0 aromatic heterocycles. The SMILES string of the molecule is CCCN1CCN(C(=O)c2cc(Cl)cc(OC)c2)[C@H]2CS(=O)(=O)C[C@H]21. The number of halogens is 1. The molecule has 25 heavy (non-hydrogen) atoms. The van der Waals surface area contributed by atoms with Gasteiger partial charge < -0.3 is 9.64 Å². The van der Waals surface area contributed by atoms with Crippen LogP contribution in [0.15, 0.2) is 18.2 Å². The summed E-state index contributed by atoms with van der Waals surface area (Å²) in [6.45, 7) is 4.14. The quantitative estimate of drug-likeness (QED) is 0.787. The van der Waals surface area contributed by atoms with Crippen LogP contribution >= 0.6 is 11.6 Å². The highest BCUT2D eigenvalue weighted by molar-refractivity contribution is 7.91. The molecular formula is C17H23ClN2O4S. The van der Waals surface area contributed by atoms with Gasteiger partial charge in [-0.3, -0.25) is 9.69 Å². The second-order valence-corrected chi connectivity index (χ2v) is 9.22. The number of ether oxygens (including phenoxy) is 1. The fourth-order valence-electron chi connectivity index (χ4n) is 3.81. The van der Waals surface area contributed by atoms with Crippen molar-refractivity contribution >= 4 is 27.3 Å². The van der Waals surface area contributed by atoms with E-state index in [4.69, 9.17) is 16.3 Å². The molecule has 6 nitrogen and oxygen atoms in total. The van der Waals surface area contributed by atoms with Gasteiger partial charge >= 0.3 is 0 Å². The Kier molecular flexibility index (Phi) is 5.27.